The molecule has 2 aromatic rings. The van der Waals surface area contributed by atoms with Crippen LogP contribution in [0.25, 0.3) is 0 Å². The van der Waals surface area contributed by atoms with E-state index in [1.54, 1.807) is 37.4 Å². The van der Waals surface area contributed by atoms with Crippen molar-refractivity contribution in [3.63, 3.8) is 0 Å². The Morgan fingerprint density at radius 3 is 2.83 bits per heavy atom. The third-order valence-electron chi connectivity index (χ3n) is 2.39. The van der Waals surface area contributed by atoms with Crippen molar-refractivity contribution in [2.24, 2.45) is 5.73 Å². The summed E-state index contributed by atoms with van der Waals surface area (Å²) < 4.78 is 18.9. The molecule has 0 bridgehead atoms. The molecule has 0 amide bonds. The predicted octanol–water partition coefficient (Wildman–Crippen LogP) is 2.96. The zero-order chi connectivity index (χ0) is 13.1. The number of rotatable bonds is 3. The minimum atomic E-state index is -0.333. The second-order valence-electron chi connectivity index (χ2n) is 3.73. The average Bonchev–Trinajstić information content (AvgIpc) is 2.34. The number of benzene rings is 1. The number of nitrogens with two attached hydrogens (primary N) is 1. The monoisotopic (exact) mass is 262 g/mol. The number of pyridine rings is 1. The summed E-state index contributed by atoms with van der Waals surface area (Å²) in [7, 11) is 0. The Bertz CT molecular complexity index is 601. The van der Waals surface area contributed by atoms with Crippen molar-refractivity contribution in [1.82, 2.24) is 4.98 Å². The van der Waals surface area contributed by atoms with Crippen molar-refractivity contribution >= 4 is 17.2 Å². The van der Waals surface area contributed by atoms with Crippen LogP contribution >= 0.6 is 12.2 Å². The van der Waals surface area contributed by atoms with Crippen LogP contribution in [0.15, 0.2) is 36.5 Å². The van der Waals surface area contributed by atoms with Crippen molar-refractivity contribution in [3.8, 4) is 11.6 Å². The van der Waals surface area contributed by atoms with E-state index in [4.69, 9.17) is 22.7 Å². The van der Waals surface area contributed by atoms with Crippen LogP contribution in [0.5, 0.6) is 11.6 Å². The third kappa shape index (κ3) is 2.62. The molecule has 92 valence electrons. The summed E-state index contributed by atoms with van der Waals surface area (Å²) in [5.74, 6) is 0.294. The van der Waals surface area contributed by atoms with E-state index >= 15 is 0 Å². The van der Waals surface area contributed by atoms with Crippen LogP contribution in [0.4, 0.5) is 4.39 Å². The molecule has 1 aromatic heterocycles. The molecule has 0 aliphatic heterocycles. The lowest BCUT2D eigenvalue weighted by Crippen LogP contribution is -2.11. The van der Waals surface area contributed by atoms with E-state index < -0.39 is 0 Å². The summed E-state index contributed by atoms with van der Waals surface area (Å²) in [6.07, 6.45) is 1.56. The van der Waals surface area contributed by atoms with Gasteiger partial charge in [-0.15, -0.1) is 0 Å². The van der Waals surface area contributed by atoms with Gasteiger partial charge in [-0.05, 0) is 30.7 Å². The molecular formula is C13H11FN2OS. The lowest BCUT2D eigenvalue weighted by molar-refractivity contribution is 0.456. The Kier molecular flexibility index (Phi) is 3.53. The van der Waals surface area contributed by atoms with E-state index in [9.17, 15) is 4.39 Å². The molecule has 1 heterocycles. The van der Waals surface area contributed by atoms with Crippen LogP contribution in [0.2, 0.25) is 0 Å². The van der Waals surface area contributed by atoms with E-state index in [1.165, 1.54) is 6.07 Å². The van der Waals surface area contributed by atoms with Gasteiger partial charge in [0.1, 0.15) is 16.6 Å². The van der Waals surface area contributed by atoms with Gasteiger partial charge < -0.3 is 10.5 Å². The SMILES string of the molecule is Cc1ccc(Oc2ncccc2C(N)=S)cc1F. The highest BCUT2D eigenvalue weighted by atomic mass is 32.1. The molecule has 0 aliphatic carbocycles. The highest BCUT2D eigenvalue weighted by Crippen LogP contribution is 2.24. The highest BCUT2D eigenvalue weighted by Gasteiger charge is 2.09. The van der Waals surface area contributed by atoms with Crippen molar-refractivity contribution < 1.29 is 9.13 Å². The molecule has 1 aromatic carbocycles. The van der Waals surface area contributed by atoms with Crippen LogP contribution in [0, 0.1) is 12.7 Å². The molecule has 0 spiro atoms. The van der Waals surface area contributed by atoms with Gasteiger partial charge in [-0.1, -0.05) is 18.3 Å². The van der Waals surface area contributed by atoms with Gasteiger partial charge in [-0.3, -0.25) is 0 Å². The van der Waals surface area contributed by atoms with Gasteiger partial charge >= 0.3 is 0 Å². The van der Waals surface area contributed by atoms with E-state index in [0.29, 0.717) is 16.9 Å². The molecule has 5 heteroatoms. The molecule has 2 N–H and O–H groups in total. The fraction of sp³-hybridized carbons (Fsp3) is 0.0769. The highest BCUT2D eigenvalue weighted by molar-refractivity contribution is 7.80. The van der Waals surface area contributed by atoms with Crippen molar-refractivity contribution in [2.75, 3.05) is 0 Å². The lowest BCUT2D eigenvalue weighted by Gasteiger charge is -2.09. The first kappa shape index (κ1) is 12.4. The summed E-state index contributed by atoms with van der Waals surface area (Å²) in [6.45, 7) is 1.68. The standard InChI is InChI=1S/C13H11FN2OS/c1-8-4-5-9(7-11(8)14)17-13-10(12(15)18)3-2-6-16-13/h2-7H,1H3,(H2,15,18). The van der Waals surface area contributed by atoms with E-state index in [0.717, 1.165) is 0 Å². The van der Waals surface area contributed by atoms with Gasteiger partial charge in [-0.2, -0.15) is 0 Å². The minimum Gasteiger partial charge on any atom is -0.438 e. The molecule has 18 heavy (non-hydrogen) atoms. The number of hydrogen-bond acceptors (Lipinski definition) is 3. The molecule has 0 unspecified atom stereocenters. The van der Waals surface area contributed by atoms with Gasteiger partial charge in [0.05, 0.1) is 5.56 Å². The Labute approximate surface area is 109 Å². The third-order valence-corrected chi connectivity index (χ3v) is 2.61. The fourth-order valence-corrected chi connectivity index (χ4v) is 1.56. The van der Waals surface area contributed by atoms with E-state index in [1.807, 2.05) is 0 Å². The van der Waals surface area contributed by atoms with Crippen molar-refractivity contribution in [3.05, 3.63) is 53.5 Å². The smallest absolute Gasteiger partial charge is 0.229 e. The number of halogens is 1. The molecule has 0 fully saturated rings. The normalized spacial score (nSPS) is 10.1. The first-order valence-corrected chi connectivity index (χ1v) is 5.67. The fourth-order valence-electron chi connectivity index (χ4n) is 1.41. The van der Waals surface area contributed by atoms with Crippen LogP contribution in [0.1, 0.15) is 11.1 Å². The Hall–Kier alpha value is -2.01. The van der Waals surface area contributed by atoms with Crippen LogP contribution < -0.4 is 10.5 Å². The summed E-state index contributed by atoms with van der Waals surface area (Å²) in [6, 6.07) is 8.00. The average molecular weight is 262 g/mol. The van der Waals surface area contributed by atoms with Crippen LogP contribution in [-0.2, 0) is 0 Å². The number of aromatic nitrogens is 1. The maximum absolute atomic E-state index is 13.4. The van der Waals surface area contributed by atoms with Crippen LogP contribution in [0.3, 0.4) is 0 Å². The number of ether oxygens (including phenoxy) is 1. The van der Waals surface area contributed by atoms with Crippen molar-refractivity contribution in [1.29, 1.82) is 0 Å². The number of hydrogen-bond donors (Lipinski definition) is 1. The maximum atomic E-state index is 13.4. The molecule has 0 saturated heterocycles. The molecule has 2 rings (SSSR count). The lowest BCUT2D eigenvalue weighted by atomic mass is 10.2. The topological polar surface area (TPSA) is 48.1 Å². The Balaban J connectivity index is 2.34. The molecular weight excluding hydrogens is 251 g/mol. The van der Waals surface area contributed by atoms with Crippen LogP contribution in [-0.4, -0.2) is 9.97 Å². The Morgan fingerprint density at radius 1 is 1.39 bits per heavy atom. The van der Waals surface area contributed by atoms with Gasteiger partial charge in [-0.25, -0.2) is 9.37 Å². The number of thiocarbonyl (C=S) groups is 1. The minimum absolute atomic E-state index is 0.186. The second-order valence-corrected chi connectivity index (χ2v) is 4.17. The quantitative estimate of drug-likeness (QED) is 0.864. The number of aryl methyl sites for hydroxylation is 1. The zero-order valence-corrected chi connectivity index (χ0v) is 10.5. The first-order chi connectivity index (χ1) is 8.58. The van der Waals surface area contributed by atoms with Gasteiger partial charge in [0.15, 0.2) is 0 Å². The molecule has 0 radical (unpaired) electrons. The molecule has 0 atom stereocenters. The summed E-state index contributed by atoms with van der Waals surface area (Å²) in [5.41, 5.74) is 6.63. The summed E-state index contributed by atoms with van der Waals surface area (Å²) in [5, 5.41) is 0. The second kappa shape index (κ2) is 5.10. The number of nitrogens with zero attached hydrogens (tertiary/aromatic N) is 1. The van der Waals surface area contributed by atoms with Gasteiger partial charge in [0.2, 0.25) is 5.88 Å². The summed E-state index contributed by atoms with van der Waals surface area (Å²) in [4.78, 5) is 4.22. The van der Waals surface area contributed by atoms with Gasteiger partial charge in [0.25, 0.3) is 0 Å². The first-order valence-electron chi connectivity index (χ1n) is 5.27. The molecule has 0 saturated carbocycles. The summed E-state index contributed by atoms with van der Waals surface area (Å²) >= 11 is 4.90. The van der Waals surface area contributed by atoms with E-state index in [2.05, 4.69) is 4.98 Å². The Morgan fingerprint density at radius 2 is 2.17 bits per heavy atom. The van der Waals surface area contributed by atoms with Crippen molar-refractivity contribution in [2.45, 2.75) is 6.92 Å². The predicted molar refractivity (Wildman–Crippen MR) is 71.3 cm³/mol. The molecule has 3 nitrogen and oxygen atoms in total. The maximum Gasteiger partial charge on any atom is 0.229 e. The largest absolute Gasteiger partial charge is 0.438 e. The van der Waals surface area contributed by atoms with E-state index in [-0.39, 0.29) is 16.7 Å². The zero-order valence-electron chi connectivity index (χ0n) is 9.68. The molecule has 0 aliphatic rings. The van der Waals surface area contributed by atoms with Gasteiger partial charge in [0, 0.05) is 12.3 Å².